The Labute approximate surface area is 154 Å². The first-order chi connectivity index (χ1) is 12.6. The molecule has 1 aromatic carbocycles. The molecule has 26 heavy (non-hydrogen) atoms. The second kappa shape index (κ2) is 8.56. The molecule has 144 valence electrons. The van der Waals surface area contributed by atoms with Crippen LogP contribution in [-0.2, 0) is 4.74 Å². The summed E-state index contributed by atoms with van der Waals surface area (Å²) in [5.74, 6) is 0. The van der Waals surface area contributed by atoms with Crippen LogP contribution in [0.3, 0.4) is 0 Å². The molecule has 0 aromatic heterocycles. The highest BCUT2D eigenvalue weighted by molar-refractivity contribution is 5.76. The molecular formula is C19H29N3O4. The fourth-order valence-corrected chi connectivity index (χ4v) is 3.95. The third-order valence-corrected chi connectivity index (χ3v) is 5.46. The molecule has 0 radical (unpaired) electrons. The molecule has 2 fully saturated rings. The summed E-state index contributed by atoms with van der Waals surface area (Å²) in [5, 5.41) is 3.37. The molecule has 1 saturated carbocycles. The molecule has 1 amide bonds. The number of rotatable bonds is 4. The summed E-state index contributed by atoms with van der Waals surface area (Å²) in [6.07, 6.45) is 7.90. The molecule has 3 rings (SSSR count). The highest BCUT2D eigenvalue weighted by Crippen LogP contribution is 2.26. The van der Waals surface area contributed by atoms with E-state index in [1.165, 1.54) is 32.1 Å². The summed E-state index contributed by atoms with van der Waals surface area (Å²) in [6.45, 7) is 4.23. The van der Waals surface area contributed by atoms with E-state index in [-0.39, 0.29) is 12.1 Å². The molecule has 2 aliphatic rings. The molecule has 0 bridgehead atoms. The van der Waals surface area contributed by atoms with E-state index < -0.39 is 10.9 Å². The lowest BCUT2D eigenvalue weighted by Crippen LogP contribution is -2.53. The molecule has 0 atom stereocenters. The zero-order valence-corrected chi connectivity index (χ0v) is 15.6. The summed E-state index contributed by atoms with van der Waals surface area (Å²) < 4.78 is 5.02. The van der Waals surface area contributed by atoms with Crippen molar-refractivity contribution in [2.45, 2.75) is 57.9 Å². The van der Waals surface area contributed by atoms with Gasteiger partial charge in [0.15, 0.2) is 0 Å². The van der Waals surface area contributed by atoms with Gasteiger partial charge in [0, 0.05) is 32.2 Å². The van der Waals surface area contributed by atoms with Crippen LogP contribution < -0.4 is 21.1 Å². The molecule has 1 aromatic rings. The van der Waals surface area contributed by atoms with Crippen molar-refractivity contribution in [3.63, 3.8) is 0 Å². The maximum atomic E-state index is 12.2. The normalized spacial score (nSPS) is 19.9. The number of hydrogen-bond donors (Lipinski definition) is 1. The lowest BCUT2D eigenvalue weighted by molar-refractivity contribution is 0.105. The summed E-state index contributed by atoms with van der Waals surface area (Å²) in [6, 6.07) is 0.276. The molecule has 7 heteroatoms. The van der Waals surface area contributed by atoms with Crippen molar-refractivity contribution in [3.05, 3.63) is 20.4 Å². The Morgan fingerprint density at radius 2 is 1.62 bits per heavy atom. The minimum atomic E-state index is -0.400. The number of nitrogens with one attached hydrogen (secondary N) is 1. The van der Waals surface area contributed by atoms with Gasteiger partial charge in [-0.2, -0.15) is 0 Å². The Bertz CT molecular complexity index is 679. The van der Waals surface area contributed by atoms with Crippen LogP contribution in [0.25, 0.3) is 0 Å². The van der Waals surface area contributed by atoms with Crippen molar-refractivity contribution in [2.75, 3.05) is 43.0 Å². The largest absolute Gasteiger partial charge is 0.450 e. The Morgan fingerprint density at radius 3 is 2.23 bits per heavy atom. The molecule has 1 aliphatic heterocycles. The maximum absolute atomic E-state index is 12.2. The minimum Gasteiger partial charge on any atom is -0.450 e. The molecule has 0 spiro atoms. The number of ether oxygens (including phenoxy) is 1. The molecule has 7 nitrogen and oxygen atoms in total. The summed E-state index contributed by atoms with van der Waals surface area (Å²) in [4.78, 5) is 39.7. The van der Waals surface area contributed by atoms with Gasteiger partial charge in [0.1, 0.15) is 11.4 Å². The van der Waals surface area contributed by atoms with E-state index in [1.807, 2.05) is 4.90 Å². The lowest BCUT2D eigenvalue weighted by Gasteiger charge is -2.37. The van der Waals surface area contributed by atoms with E-state index in [1.54, 1.807) is 11.8 Å². The van der Waals surface area contributed by atoms with Crippen LogP contribution in [0.4, 0.5) is 16.2 Å². The number of hydrogen-bond acceptors (Lipinski definition) is 6. The van der Waals surface area contributed by atoms with Gasteiger partial charge in [-0.15, -0.1) is 0 Å². The number of carbonyl (C=O) groups is 1. The van der Waals surface area contributed by atoms with Gasteiger partial charge in [-0.3, -0.25) is 9.59 Å². The van der Waals surface area contributed by atoms with Crippen molar-refractivity contribution >= 4 is 17.5 Å². The zero-order chi connectivity index (χ0) is 18.5. The third-order valence-electron chi connectivity index (χ3n) is 5.46. The Kier molecular flexibility index (Phi) is 6.16. The van der Waals surface area contributed by atoms with E-state index in [0.717, 1.165) is 12.8 Å². The van der Waals surface area contributed by atoms with E-state index in [2.05, 4.69) is 5.32 Å². The summed E-state index contributed by atoms with van der Waals surface area (Å²) in [7, 11) is 0. The molecular weight excluding hydrogens is 334 g/mol. The first kappa shape index (κ1) is 18.7. The highest BCUT2D eigenvalue weighted by Gasteiger charge is 2.31. The van der Waals surface area contributed by atoms with Crippen LogP contribution in [0.2, 0.25) is 0 Å². The van der Waals surface area contributed by atoms with Crippen molar-refractivity contribution in [2.24, 2.45) is 0 Å². The number of carbonyl (C=O) groups excluding carboxylic acids is 1. The smallest absolute Gasteiger partial charge is 0.409 e. The van der Waals surface area contributed by atoms with E-state index in [9.17, 15) is 14.4 Å². The molecule has 1 saturated heterocycles. The van der Waals surface area contributed by atoms with Gasteiger partial charge in [-0.1, -0.05) is 32.1 Å². The first-order valence-corrected chi connectivity index (χ1v) is 9.88. The van der Waals surface area contributed by atoms with Crippen LogP contribution >= 0.6 is 0 Å². The average molecular weight is 363 g/mol. The van der Waals surface area contributed by atoms with Gasteiger partial charge in [0.2, 0.25) is 0 Å². The highest BCUT2D eigenvalue weighted by atomic mass is 16.6. The van der Waals surface area contributed by atoms with Crippen LogP contribution in [0.15, 0.2) is 9.59 Å². The lowest BCUT2D eigenvalue weighted by atomic mass is 9.96. The number of anilines is 2. The Balaban J connectivity index is 1.63. The van der Waals surface area contributed by atoms with Gasteiger partial charge in [-0.05, 0) is 19.8 Å². The van der Waals surface area contributed by atoms with E-state index in [4.69, 9.17) is 4.74 Å². The fraction of sp³-hybridized carbons (Fsp3) is 0.737. The van der Waals surface area contributed by atoms with Crippen molar-refractivity contribution in [1.82, 2.24) is 4.90 Å². The maximum Gasteiger partial charge on any atom is 0.409 e. The number of amides is 1. The second-order valence-corrected chi connectivity index (χ2v) is 7.24. The van der Waals surface area contributed by atoms with Crippen LogP contribution in [0, 0.1) is 0 Å². The monoisotopic (exact) mass is 363 g/mol. The third kappa shape index (κ3) is 4.02. The zero-order valence-electron chi connectivity index (χ0n) is 15.6. The van der Waals surface area contributed by atoms with Gasteiger partial charge < -0.3 is 19.9 Å². The predicted octanol–water partition coefficient (Wildman–Crippen LogP) is 2.09. The Morgan fingerprint density at radius 1 is 1.00 bits per heavy atom. The first-order valence-electron chi connectivity index (χ1n) is 9.88. The van der Waals surface area contributed by atoms with Crippen LogP contribution in [0.5, 0.6) is 0 Å². The van der Waals surface area contributed by atoms with Crippen molar-refractivity contribution in [1.29, 1.82) is 0 Å². The van der Waals surface area contributed by atoms with Gasteiger partial charge >= 0.3 is 6.09 Å². The predicted molar refractivity (Wildman–Crippen MR) is 102 cm³/mol. The topological polar surface area (TPSA) is 79.0 Å². The SMILES string of the molecule is CCOC(=O)N1CCN(c2c(NC3CCCCCCC3)c(=O)c2=O)CC1. The average Bonchev–Trinajstić information content (AvgIpc) is 2.63. The number of piperazine rings is 1. The molecule has 1 N–H and O–H groups in total. The fourth-order valence-electron chi connectivity index (χ4n) is 3.95. The van der Waals surface area contributed by atoms with Crippen molar-refractivity contribution in [3.8, 4) is 0 Å². The summed E-state index contributed by atoms with van der Waals surface area (Å²) >= 11 is 0. The number of nitrogens with zero attached hydrogens (tertiary/aromatic N) is 2. The van der Waals surface area contributed by atoms with E-state index in [0.29, 0.717) is 44.2 Å². The van der Waals surface area contributed by atoms with Crippen LogP contribution in [0.1, 0.15) is 51.9 Å². The molecule has 1 aliphatic carbocycles. The van der Waals surface area contributed by atoms with Gasteiger partial charge in [0.05, 0.1) is 6.61 Å². The Hall–Kier alpha value is -2.05. The summed E-state index contributed by atoms with van der Waals surface area (Å²) in [5.41, 5.74) is 0.212. The molecule has 1 heterocycles. The van der Waals surface area contributed by atoms with Gasteiger partial charge in [-0.25, -0.2) is 4.79 Å². The quantitative estimate of drug-likeness (QED) is 0.825. The van der Waals surface area contributed by atoms with E-state index >= 15 is 0 Å². The van der Waals surface area contributed by atoms with Crippen molar-refractivity contribution < 1.29 is 9.53 Å². The molecule has 0 unspecified atom stereocenters. The standard InChI is InChI=1S/C19H29N3O4/c1-2-26-19(25)22-12-10-21(11-13-22)16-15(17(23)18(16)24)20-14-8-6-4-3-5-7-9-14/h14,20H,2-13H2,1H3. The second-order valence-electron chi connectivity index (χ2n) is 7.24. The minimum absolute atomic E-state index is 0.276. The van der Waals surface area contributed by atoms with Gasteiger partial charge in [0.25, 0.3) is 10.9 Å². The van der Waals surface area contributed by atoms with Crippen LogP contribution in [-0.4, -0.2) is 49.8 Å².